The lowest BCUT2D eigenvalue weighted by Gasteiger charge is -2.14. The maximum atomic E-state index is 12.8. The quantitative estimate of drug-likeness (QED) is 0.344. The van der Waals surface area contributed by atoms with E-state index in [0.717, 1.165) is 34.6 Å². The van der Waals surface area contributed by atoms with Crippen LogP contribution in [0.5, 0.6) is 0 Å². The van der Waals surface area contributed by atoms with Crippen LogP contribution < -0.4 is 5.32 Å². The monoisotopic (exact) mass is 425 g/mol. The predicted octanol–water partition coefficient (Wildman–Crippen LogP) is 6.22. The van der Waals surface area contributed by atoms with E-state index in [1.165, 1.54) is 18.4 Å². The minimum Gasteiger partial charge on any atom is -0.345 e. The second kappa shape index (κ2) is 10.6. The van der Waals surface area contributed by atoms with Crippen LogP contribution in [0.25, 0.3) is 11.8 Å². The molecular formula is C28H31N3O. The summed E-state index contributed by atoms with van der Waals surface area (Å²) in [6.45, 7) is 8.18. The van der Waals surface area contributed by atoms with Crippen molar-refractivity contribution in [1.82, 2.24) is 9.88 Å². The van der Waals surface area contributed by atoms with Crippen molar-refractivity contribution in [3.63, 3.8) is 0 Å². The number of benzene rings is 2. The third-order valence-corrected chi connectivity index (χ3v) is 5.80. The standard InChI is InChI=1S/C28H31N3O/c1-5-6-10-23-13-15-27(16-14-23)31-20(2)17-25(22(31)4)18-26(19-29)28(32)30-21(3)24-11-8-7-9-12-24/h7-9,11-18,21H,5-6,10H2,1-4H3,(H,30,32)/b26-18-/t21-/m0/s1. The third-order valence-electron chi connectivity index (χ3n) is 5.80. The molecule has 0 fully saturated rings. The minimum atomic E-state index is -0.367. The van der Waals surface area contributed by atoms with Crippen LogP contribution in [0.1, 0.15) is 60.8 Å². The van der Waals surface area contributed by atoms with Gasteiger partial charge in [-0.2, -0.15) is 5.26 Å². The highest BCUT2D eigenvalue weighted by Gasteiger charge is 2.16. The van der Waals surface area contributed by atoms with Crippen molar-refractivity contribution in [2.24, 2.45) is 0 Å². The molecule has 0 spiro atoms. The molecule has 0 saturated carbocycles. The SMILES string of the molecule is CCCCc1ccc(-n2c(C)cc(/C=C(/C#N)C(=O)N[C@@H](C)c3ccccc3)c2C)cc1. The van der Waals surface area contributed by atoms with E-state index >= 15 is 0 Å². The van der Waals surface area contributed by atoms with Gasteiger partial charge in [0.2, 0.25) is 0 Å². The summed E-state index contributed by atoms with van der Waals surface area (Å²) in [7, 11) is 0. The number of unbranched alkanes of at least 4 members (excludes halogenated alkanes) is 1. The number of carbonyl (C=O) groups is 1. The summed E-state index contributed by atoms with van der Waals surface area (Å²) < 4.78 is 2.16. The van der Waals surface area contributed by atoms with E-state index in [2.05, 4.69) is 47.1 Å². The summed E-state index contributed by atoms with van der Waals surface area (Å²) in [5.41, 5.74) is 6.46. The van der Waals surface area contributed by atoms with Gasteiger partial charge >= 0.3 is 0 Å². The first-order valence-corrected chi connectivity index (χ1v) is 11.2. The molecule has 4 heteroatoms. The Morgan fingerprint density at radius 2 is 1.81 bits per heavy atom. The number of nitrogens with one attached hydrogen (secondary N) is 1. The summed E-state index contributed by atoms with van der Waals surface area (Å²) in [5.74, 6) is -0.367. The van der Waals surface area contributed by atoms with Gasteiger partial charge in [0.1, 0.15) is 11.6 Å². The molecule has 32 heavy (non-hydrogen) atoms. The summed E-state index contributed by atoms with van der Waals surface area (Å²) in [4.78, 5) is 12.8. The molecule has 164 valence electrons. The van der Waals surface area contributed by atoms with E-state index in [9.17, 15) is 10.1 Å². The van der Waals surface area contributed by atoms with Crippen molar-refractivity contribution in [2.75, 3.05) is 0 Å². The number of nitrogens with zero attached hydrogens (tertiary/aromatic N) is 2. The van der Waals surface area contributed by atoms with Crippen molar-refractivity contribution >= 4 is 12.0 Å². The molecule has 0 aliphatic carbocycles. The lowest BCUT2D eigenvalue weighted by molar-refractivity contribution is -0.117. The molecule has 1 amide bonds. The largest absolute Gasteiger partial charge is 0.345 e. The van der Waals surface area contributed by atoms with E-state index in [0.29, 0.717) is 0 Å². The Kier molecular flexibility index (Phi) is 7.68. The summed E-state index contributed by atoms with van der Waals surface area (Å²) in [6, 6.07) is 22.3. The number of aryl methyl sites for hydroxylation is 2. The van der Waals surface area contributed by atoms with Crippen LogP contribution in [0.2, 0.25) is 0 Å². The molecule has 1 atom stereocenters. The van der Waals surface area contributed by atoms with Crippen LogP contribution in [0.3, 0.4) is 0 Å². The molecule has 4 nitrogen and oxygen atoms in total. The lowest BCUT2D eigenvalue weighted by atomic mass is 10.1. The Morgan fingerprint density at radius 1 is 1.12 bits per heavy atom. The smallest absolute Gasteiger partial charge is 0.262 e. The number of hydrogen-bond acceptors (Lipinski definition) is 2. The van der Waals surface area contributed by atoms with Crippen molar-refractivity contribution in [2.45, 2.75) is 53.0 Å². The highest BCUT2D eigenvalue weighted by molar-refractivity contribution is 6.02. The Balaban J connectivity index is 1.83. The predicted molar refractivity (Wildman–Crippen MR) is 130 cm³/mol. The maximum Gasteiger partial charge on any atom is 0.262 e. The molecular weight excluding hydrogens is 394 g/mol. The fourth-order valence-electron chi connectivity index (χ4n) is 3.93. The number of hydrogen-bond donors (Lipinski definition) is 1. The van der Waals surface area contributed by atoms with E-state index in [-0.39, 0.29) is 17.5 Å². The molecule has 0 aliphatic heterocycles. The van der Waals surface area contributed by atoms with Crippen LogP contribution in [0.4, 0.5) is 0 Å². The summed E-state index contributed by atoms with van der Waals surface area (Å²) in [5, 5.41) is 12.6. The first kappa shape index (κ1) is 23.1. The van der Waals surface area contributed by atoms with Gasteiger partial charge in [-0.25, -0.2) is 0 Å². The average Bonchev–Trinajstić information content (AvgIpc) is 3.09. The fourth-order valence-corrected chi connectivity index (χ4v) is 3.93. The minimum absolute atomic E-state index is 0.0999. The molecule has 3 rings (SSSR count). The second-order valence-corrected chi connectivity index (χ2v) is 8.21. The zero-order valence-electron chi connectivity index (χ0n) is 19.4. The molecule has 1 N–H and O–H groups in total. The zero-order chi connectivity index (χ0) is 23.1. The molecule has 0 unspecified atom stereocenters. The molecule has 0 saturated heterocycles. The van der Waals surface area contributed by atoms with E-state index in [1.54, 1.807) is 6.08 Å². The Labute approximate surface area is 191 Å². The van der Waals surface area contributed by atoms with E-state index < -0.39 is 0 Å². The van der Waals surface area contributed by atoms with Gasteiger partial charge in [-0.3, -0.25) is 4.79 Å². The zero-order valence-corrected chi connectivity index (χ0v) is 19.4. The summed E-state index contributed by atoms with van der Waals surface area (Å²) >= 11 is 0. The van der Waals surface area contributed by atoms with Crippen LogP contribution in [0, 0.1) is 25.2 Å². The number of carbonyl (C=O) groups excluding carboxylic acids is 1. The van der Waals surface area contributed by atoms with Gasteiger partial charge in [-0.05, 0) is 74.6 Å². The van der Waals surface area contributed by atoms with Gasteiger partial charge in [0, 0.05) is 17.1 Å². The van der Waals surface area contributed by atoms with Crippen LogP contribution >= 0.6 is 0 Å². The van der Waals surface area contributed by atoms with E-state index in [4.69, 9.17) is 0 Å². The molecule has 0 radical (unpaired) electrons. The van der Waals surface area contributed by atoms with Crippen LogP contribution in [0.15, 0.2) is 66.2 Å². The van der Waals surface area contributed by atoms with Crippen molar-refractivity contribution in [1.29, 1.82) is 5.26 Å². The molecule has 2 aromatic carbocycles. The Hall–Kier alpha value is -3.58. The van der Waals surface area contributed by atoms with Gasteiger partial charge in [-0.15, -0.1) is 0 Å². The molecule has 3 aromatic rings. The average molecular weight is 426 g/mol. The Bertz CT molecular complexity index is 1130. The number of amides is 1. The van der Waals surface area contributed by atoms with Gasteiger partial charge in [0.05, 0.1) is 6.04 Å². The highest BCUT2D eigenvalue weighted by atomic mass is 16.1. The maximum absolute atomic E-state index is 12.8. The number of nitriles is 1. The van der Waals surface area contributed by atoms with Crippen molar-refractivity contribution in [3.8, 4) is 11.8 Å². The van der Waals surface area contributed by atoms with E-state index in [1.807, 2.05) is 57.2 Å². The third kappa shape index (κ3) is 5.36. The normalized spacial score (nSPS) is 12.3. The lowest BCUT2D eigenvalue weighted by Crippen LogP contribution is -2.27. The number of rotatable bonds is 8. The Morgan fingerprint density at radius 3 is 2.44 bits per heavy atom. The van der Waals surface area contributed by atoms with Gasteiger partial charge in [0.25, 0.3) is 5.91 Å². The fraction of sp³-hybridized carbons (Fsp3) is 0.286. The molecule has 0 aliphatic rings. The first-order chi connectivity index (χ1) is 15.4. The van der Waals surface area contributed by atoms with Crippen LogP contribution in [-0.2, 0) is 11.2 Å². The van der Waals surface area contributed by atoms with Gasteiger partial charge in [0.15, 0.2) is 0 Å². The number of aromatic nitrogens is 1. The van der Waals surface area contributed by atoms with Crippen molar-refractivity contribution < 1.29 is 4.79 Å². The molecule has 0 bridgehead atoms. The van der Waals surface area contributed by atoms with Crippen molar-refractivity contribution in [3.05, 3.63) is 94.3 Å². The van der Waals surface area contributed by atoms with Gasteiger partial charge in [-0.1, -0.05) is 55.8 Å². The highest BCUT2D eigenvalue weighted by Crippen LogP contribution is 2.24. The summed E-state index contributed by atoms with van der Waals surface area (Å²) in [6.07, 6.45) is 5.15. The topological polar surface area (TPSA) is 57.8 Å². The molecule has 1 heterocycles. The molecule has 1 aromatic heterocycles. The second-order valence-electron chi connectivity index (χ2n) is 8.21. The first-order valence-electron chi connectivity index (χ1n) is 11.2. The van der Waals surface area contributed by atoms with Crippen LogP contribution in [-0.4, -0.2) is 10.5 Å². The van der Waals surface area contributed by atoms with Gasteiger partial charge < -0.3 is 9.88 Å².